The molecule has 0 aliphatic carbocycles. The predicted octanol–water partition coefficient (Wildman–Crippen LogP) is 0.107. The molecule has 9 nitrogen and oxygen atoms in total. The molecule has 0 aliphatic heterocycles. The van der Waals surface area contributed by atoms with Crippen molar-refractivity contribution in [2.24, 2.45) is 11.7 Å². The fraction of sp³-hybridized carbons (Fsp3) is 0.583. The van der Waals surface area contributed by atoms with Crippen molar-refractivity contribution in [3.8, 4) is 0 Å². The Hall–Kier alpha value is -2.29. The molecule has 2 aromatic heterocycles. The number of hydrogen-bond acceptors (Lipinski definition) is 7. The van der Waals surface area contributed by atoms with E-state index in [1.807, 2.05) is 0 Å². The van der Waals surface area contributed by atoms with E-state index in [4.69, 9.17) is 15.4 Å². The van der Waals surface area contributed by atoms with Gasteiger partial charge in [-0.3, -0.25) is 0 Å². The monoisotopic (exact) mass is 294 g/mol. The van der Waals surface area contributed by atoms with Crippen LogP contribution in [0.2, 0.25) is 0 Å². The molecule has 0 radical (unpaired) electrons. The van der Waals surface area contributed by atoms with Gasteiger partial charge >= 0.3 is 5.97 Å². The Morgan fingerprint density at radius 1 is 1.48 bits per heavy atom. The molecule has 0 unspecified atom stereocenters. The van der Waals surface area contributed by atoms with E-state index in [9.17, 15) is 4.79 Å². The third-order valence-electron chi connectivity index (χ3n) is 2.81. The summed E-state index contributed by atoms with van der Waals surface area (Å²) in [5.41, 5.74) is 5.85. The molecule has 0 spiro atoms. The Kier molecular flexibility index (Phi) is 4.63. The molecule has 114 valence electrons. The third kappa shape index (κ3) is 3.63. The molecule has 0 amide bonds. The van der Waals surface area contributed by atoms with E-state index >= 15 is 0 Å². The summed E-state index contributed by atoms with van der Waals surface area (Å²) in [4.78, 5) is 15.3. The summed E-state index contributed by atoms with van der Waals surface area (Å²) in [6, 6.07) is 0. The number of rotatable bonds is 7. The first-order valence-electron chi connectivity index (χ1n) is 6.68. The Bertz CT molecular complexity index is 618. The van der Waals surface area contributed by atoms with Crippen LogP contribution in [0.25, 0.3) is 0 Å². The molecule has 3 N–H and O–H groups in total. The van der Waals surface area contributed by atoms with Crippen LogP contribution >= 0.6 is 0 Å². The number of hydrogen-bond donors (Lipinski definition) is 2. The summed E-state index contributed by atoms with van der Waals surface area (Å²) in [5, 5.41) is 20.4. The minimum absolute atomic E-state index is 0.0950. The summed E-state index contributed by atoms with van der Waals surface area (Å²) in [5.74, 6) is 0.286. The molecule has 0 saturated heterocycles. The van der Waals surface area contributed by atoms with Gasteiger partial charge in [-0.2, -0.15) is 4.98 Å². The summed E-state index contributed by atoms with van der Waals surface area (Å²) in [7, 11) is 0. The third-order valence-corrected chi connectivity index (χ3v) is 2.81. The Balaban J connectivity index is 2.19. The molecule has 9 heteroatoms. The Morgan fingerprint density at radius 3 is 2.86 bits per heavy atom. The number of aromatic carboxylic acids is 1. The molecular weight excluding hydrogens is 276 g/mol. The van der Waals surface area contributed by atoms with Crippen LogP contribution < -0.4 is 5.73 Å². The van der Waals surface area contributed by atoms with Gasteiger partial charge in [0.1, 0.15) is 6.54 Å². The van der Waals surface area contributed by atoms with Gasteiger partial charge in [0, 0.05) is 12.8 Å². The summed E-state index contributed by atoms with van der Waals surface area (Å²) in [6.45, 7) is 4.61. The van der Waals surface area contributed by atoms with Crippen LogP contribution in [0.3, 0.4) is 0 Å². The van der Waals surface area contributed by atoms with E-state index in [0.717, 1.165) is 6.42 Å². The molecule has 0 atom stereocenters. The van der Waals surface area contributed by atoms with Crippen LogP contribution in [0.1, 0.15) is 41.7 Å². The van der Waals surface area contributed by atoms with Crippen molar-refractivity contribution < 1.29 is 14.4 Å². The molecule has 0 aliphatic rings. The van der Waals surface area contributed by atoms with Crippen molar-refractivity contribution in [3.63, 3.8) is 0 Å². The van der Waals surface area contributed by atoms with E-state index in [2.05, 4.69) is 34.3 Å². The lowest BCUT2D eigenvalue weighted by Crippen LogP contribution is -2.14. The van der Waals surface area contributed by atoms with Crippen molar-refractivity contribution >= 4 is 5.97 Å². The van der Waals surface area contributed by atoms with Gasteiger partial charge in [-0.15, -0.1) is 5.10 Å². The Morgan fingerprint density at radius 2 is 2.24 bits per heavy atom. The van der Waals surface area contributed by atoms with Gasteiger partial charge in [0.05, 0.1) is 5.69 Å². The molecular formula is C12H18N6O3. The van der Waals surface area contributed by atoms with Crippen LogP contribution in [0.15, 0.2) is 4.52 Å². The van der Waals surface area contributed by atoms with Crippen molar-refractivity contribution in [1.82, 2.24) is 25.1 Å². The van der Waals surface area contributed by atoms with Gasteiger partial charge < -0.3 is 15.4 Å². The maximum Gasteiger partial charge on any atom is 0.358 e. The van der Waals surface area contributed by atoms with Crippen molar-refractivity contribution in [2.45, 2.75) is 33.2 Å². The fourth-order valence-electron chi connectivity index (χ4n) is 1.94. The van der Waals surface area contributed by atoms with Crippen LogP contribution in [-0.2, 0) is 19.4 Å². The smallest absolute Gasteiger partial charge is 0.358 e. The molecule has 0 fully saturated rings. The van der Waals surface area contributed by atoms with Crippen LogP contribution in [0.4, 0.5) is 0 Å². The number of nitrogens with zero attached hydrogens (tertiary/aromatic N) is 5. The largest absolute Gasteiger partial charge is 0.476 e. The molecule has 0 aromatic carbocycles. The van der Waals surface area contributed by atoms with Gasteiger partial charge in [0.25, 0.3) is 0 Å². The number of carboxylic acid groups (broad SMARTS) is 1. The standard InChI is InChI=1S/C12H18N6O3/c1-7(2)5-9-14-10(21-16-9)6-18-8(3-4-13)11(12(19)20)15-17-18/h7H,3-6,13H2,1-2H3,(H,19,20). The second-order valence-electron chi connectivity index (χ2n) is 5.09. The highest BCUT2D eigenvalue weighted by atomic mass is 16.5. The number of nitrogens with two attached hydrogens (primary N) is 1. The molecule has 0 saturated carbocycles. The van der Waals surface area contributed by atoms with Crippen molar-refractivity contribution in [3.05, 3.63) is 23.1 Å². The minimum atomic E-state index is -1.13. The van der Waals surface area contributed by atoms with Crippen LogP contribution in [-0.4, -0.2) is 42.8 Å². The Labute approximate surface area is 121 Å². The lowest BCUT2D eigenvalue weighted by molar-refractivity contribution is 0.0689. The van der Waals surface area contributed by atoms with Crippen molar-refractivity contribution in [2.75, 3.05) is 6.54 Å². The summed E-state index contributed by atoms with van der Waals surface area (Å²) < 4.78 is 6.58. The van der Waals surface area contributed by atoms with Gasteiger partial charge in [-0.25, -0.2) is 9.48 Å². The maximum absolute atomic E-state index is 11.1. The van der Waals surface area contributed by atoms with E-state index in [0.29, 0.717) is 36.3 Å². The number of aromatic nitrogens is 5. The lowest BCUT2D eigenvalue weighted by Gasteiger charge is -2.02. The second-order valence-corrected chi connectivity index (χ2v) is 5.09. The zero-order valence-electron chi connectivity index (χ0n) is 12.0. The zero-order valence-corrected chi connectivity index (χ0v) is 12.0. The normalized spacial score (nSPS) is 11.2. The average Bonchev–Trinajstić information content (AvgIpc) is 2.98. The first-order valence-corrected chi connectivity index (χ1v) is 6.68. The highest BCUT2D eigenvalue weighted by Crippen LogP contribution is 2.10. The minimum Gasteiger partial charge on any atom is -0.476 e. The van der Waals surface area contributed by atoms with Crippen LogP contribution in [0, 0.1) is 5.92 Å². The van der Waals surface area contributed by atoms with E-state index < -0.39 is 5.97 Å². The number of carbonyl (C=O) groups is 1. The van der Waals surface area contributed by atoms with E-state index in [-0.39, 0.29) is 12.2 Å². The van der Waals surface area contributed by atoms with Gasteiger partial charge in [-0.05, 0) is 12.5 Å². The first kappa shape index (κ1) is 15.1. The maximum atomic E-state index is 11.1. The second kappa shape index (κ2) is 6.44. The molecule has 2 heterocycles. The SMILES string of the molecule is CC(C)Cc1noc(Cn2nnc(C(=O)O)c2CCN)n1. The first-order chi connectivity index (χ1) is 10.0. The molecule has 21 heavy (non-hydrogen) atoms. The quantitative estimate of drug-likeness (QED) is 0.735. The number of carboxylic acids is 1. The highest BCUT2D eigenvalue weighted by Gasteiger charge is 2.20. The molecule has 2 rings (SSSR count). The summed E-state index contributed by atoms with van der Waals surface area (Å²) in [6.07, 6.45) is 1.08. The van der Waals surface area contributed by atoms with Gasteiger partial charge in [0.15, 0.2) is 11.5 Å². The van der Waals surface area contributed by atoms with Gasteiger partial charge in [0.2, 0.25) is 5.89 Å². The van der Waals surface area contributed by atoms with Crippen molar-refractivity contribution in [1.29, 1.82) is 0 Å². The lowest BCUT2D eigenvalue weighted by atomic mass is 10.1. The molecule has 0 bridgehead atoms. The van der Waals surface area contributed by atoms with E-state index in [1.165, 1.54) is 4.68 Å². The van der Waals surface area contributed by atoms with Crippen LogP contribution in [0.5, 0.6) is 0 Å². The average molecular weight is 294 g/mol. The summed E-state index contributed by atoms with van der Waals surface area (Å²) >= 11 is 0. The highest BCUT2D eigenvalue weighted by molar-refractivity contribution is 5.86. The van der Waals surface area contributed by atoms with Gasteiger partial charge in [-0.1, -0.05) is 24.2 Å². The fourth-order valence-corrected chi connectivity index (χ4v) is 1.94. The predicted molar refractivity (Wildman–Crippen MR) is 71.7 cm³/mol. The van der Waals surface area contributed by atoms with E-state index in [1.54, 1.807) is 0 Å². The zero-order chi connectivity index (χ0) is 15.4. The topological polar surface area (TPSA) is 133 Å². The molecule has 2 aromatic rings.